The van der Waals surface area contributed by atoms with Crippen LogP contribution in [0.4, 0.5) is 17.6 Å². The van der Waals surface area contributed by atoms with Crippen LogP contribution in [-0.2, 0) is 6.42 Å². The predicted octanol–water partition coefficient (Wildman–Crippen LogP) is 10.2. The molecular weight excluding hydrogens is 460 g/mol. The van der Waals surface area contributed by atoms with Crippen LogP contribution in [0.1, 0.15) is 75.8 Å². The van der Waals surface area contributed by atoms with Crippen LogP contribution in [-0.4, -0.2) is 0 Å². The van der Waals surface area contributed by atoms with Crippen molar-refractivity contribution < 1.29 is 17.6 Å². The third-order valence-electron chi connectivity index (χ3n) is 7.51. The Labute approximate surface area is 212 Å². The molecule has 0 spiro atoms. The van der Waals surface area contributed by atoms with Gasteiger partial charge in [0.25, 0.3) is 0 Å². The Morgan fingerprint density at radius 2 is 1.28 bits per heavy atom. The van der Waals surface area contributed by atoms with Gasteiger partial charge in [-0.3, -0.25) is 0 Å². The molecule has 1 saturated carbocycles. The lowest BCUT2D eigenvalue weighted by atomic mass is 9.78. The third kappa shape index (κ3) is 5.58. The number of unbranched alkanes of at least 4 members (excludes halogenated alkanes) is 2. The number of hydrogen-bond donors (Lipinski definition) is 0. The highest BCUT2D eigenvalue weighted by Gasteiger charge is 2.25. The van der Waals surface area contributed by atoms with E-state index in [0.29, 0.717) is 34.6 Å². The monoisotopic (exact) mass is 494 g/mol. The van der Waals surface area contributed by atoms with Gasteiger partial charge in [0.2, 0.25) is 0 Å². The summed E-state index contributed by atoms with van der Waals surface area (Å²) in [6, 6.07) is 13.1. The van der Waals surface area contributed by atoms with E-state index in [-0.39, 0.29) is 17.0 Å². The van der Waals surface area contributed by atoms with E-state index in [9.17, 15) is 8.78 Å². The van der Waals surface area contributed by atoms with E-state index in [1.807, 2.05) is 6.92 Å². The fourth-order valence-electron chi connectivity index (χ4n) is 5.40. The van der Waals surface area contributed by atoms with Gasteiger partial charge in [-0.05, 0) is 79.5 Å². The van der Waals surface area contributed by atoms with Gasteiger partial charge >= 0.3 is 0 Å². The van der Waals surface area contributed by atoms with Gasteiger partial charge < -0.3 is 0 Å². The Morgan fingerprint density at radius 3 is 1.86 bits per heavy atom. The molecule has 0 saturated heterocycles. The van der Waals surface area contributed by atoms with Gasteiger partial charge in [0.15, 0.2) is 23.3 Å². The van der Waals surface area contributed by atoms with Gasteiger partial charge in [0.1, 0.15) is 0 Å². The Bertz CT molecular complexity index is 1200. The number of rotatable bonds is 8. The third-order valence-corrected chi connectivity index (χ3v) is 7.51. The topological polar surface area (TPSA) is 0 Å². The second-order valence-electron chi connectivity index (χ2n) is 9.90. The lowest BCUT2D eigenvalue weighted by molar-refractivity contribution is 0.364. The smallest absolute Gasteiger partial charge is 0.166 e. The summed E-state index contributed by atoms with van der Waals surface area (Å²) in [7, 11) is 0. The highest BCUT2D eigenvalue weighted by Crippen LogP contribution is 2.39. The number of benzene rings is 3. The molecule has 0 aliphatic heterocycles. The van der Waals surface area contributed by atoms with E-state index in [1.54, 1.807) is 48.5 Å². The van der Waals surface area contributed by atoms with Gasteiger partial charge in [-0.1, -0.05) is 80.4 Å². The molecule has 0 nitrogen and oxygen atoms in total. The molecule has 0 radical (unpaired) electrons. The van der Waals surface area contributed by atoms with Crippen molar-refractivity contribution >= 4 is 0 Å². The molecule has 1 aliphatic carbocycles. The van der Waals surface area contributed by atoms with Crippen molar-refractivity contribution in [2.24, 2.45) is 5.92 Å². The fraction of sp³-hybridized carbons (Fsp3) is 0.375. The maximum absolute atomic E-state index is 15.1. The Morgan fingerprint density at radius 1 is 0.694 bits per heavy atom. The van der Waals surface area contributed by atoms with Crippen molar-refractivity contribution in [3.05, 3.63) is 95.1 Å². The molecular formula is C32H34F4. The van der Waals surface area contributed by atoms with Gasteiger partial charge in [0.05, 0.1) is 0 Å². The molecule has 36 heavy (non-hydrogen) atoms. The number of aryl methyl sites for hydroxylation is 1. The van der Waals surface area contributed by atoms with Crippen molar-refractivity contribution in [1.29, 1.82) is 0 Å². The van der Waals surface area contributed by atoms with Crippen molar-refractivity contribution in [3.8, 4) is 22.3 Å². The molecule has 0 N–H and O–H groups in total. The molecule has 0 unspecified atom stereocenters. The first-order chi connectivity index (χ1) is 17.4. The summed E-state index contributed by atoms with van der Waals surface area (Å²) in [5.74, 6) is -2.77. The Balaban J connectivity index is 1.53. The number of allylic oxidation sites excluding steroid dienone is 2. The van der Waals surface area contributed by atoms with Crippen molar-refractivity contribution in [1.82, 2.24) is 0 Å². The summed E-state index contributed by atoms with van der Waals surface area (Å²) in [6.07, 6.45) is 11.2. The van der Waals surface area contributed by atoms with Crippen molar-refractivity contribution in [2.75, 3.05) is 0 Å². The average Bonchev–Trinajstić information content (AvgIpc) is 2.89. The maximum atomic E-state index is 15.1. The minimum atomic E-state index is -0.873. The summed E-state index contributed by atoms with van der Waals surface area (Å²) in [6.45, 7) is 4.07. The molecule has 3 aromatic carbocycles. The molecule has 4 rings (SSSR count). The molecule has 0 atom stereocenters. The summed E-state index contributed by atoms with van der Waals surface area (Å²) in [4.78, 5) is 0. The second-order valence-corrected chi connectivity index (χ2v) is 9.90. The van der Waals surface area contributed by atoms with Gasteiger partial charge in [-0.15, -0.1) is 0 Å². The van der Waals surface area contributed by atoms with Crippen LogP contribution in [0.3, 0.4) is 0 Å². The molecule has 1 aliphatic rings. The summed E-state index contributed by atoms with van der Waals surface area (Å²) in [5, 5.41) is 0. The molecule has 0 heterocycles. The zero-order valence-electron chi connectivity index (χ0n) is 21.1. The minimum absolute atomic E-state index is 0.0280. The highest BCUT2D eigenvalue weighted by atomic mass is 19.2. The summed E-state index contributed by atoms with van der Waals surface area (Å²) >= 11 is 0. The molecule has 3 aromatic rings. The first-order valence-corrected chi connectivity index (χ1v) is 13.1. The molecule has 1 fully saturated rings. The zero-order chi connectivity index (χ0) is 25.7. The van der Waals surface area contributed by atoms with Crippen LogP contribution in [0.5, 0.6) is 0 Å². The zero-order valence-corrected chi connectivity index (χ0v) is 21.1. The quantitative estimate of drug-likeness (QED) is 0.166. The Kier molecular flexibility index (Phi) is 8.66. The first kappa shape index (κ1) is 26.2. The maximum Gasteiger partial charge on any atom is 0.166 e. The lowest BCUT2D eigenvalue weighted by Gasteiger charge is -2.27. The molecule has 4 heteroatoms. The molecule has 0 bridgehead atoms. The molecule has 0 amide bonds. The largest absolute Gasteiger partial charge is 0.203 e. The molecule has 0 aromatic heterocycles. The predicted molar refractivity (Wildman–Crippen MR) is 140 cm³/mol. The van der Waals surface area contributed by atoms with E-state index in [2.05, 4.69) is 19.1 Å². The lowest BCUT2D eigenvalue weighted by Crippen LogP contribution is -2.13. The van der Waals surface area contributed by atoms with Crippen molar-refractivity contribution in [3.63, 3.8) is 0 Å². The highest BCUT2D eigenvalue weighted by molar-refractivity contribution is 5.71. The normalized spacial score (nSPS) is 18.2. The van der Waals surface area contributed by atoms with E-state index in [1.165, 1.54) is 0 Å². The summed E-state index contributed by atoms with van der Waals surface area (Å²) < 4.78 is 59.6. The van der Waals surface area contributed by atoms with Gasteiger partial charge in [-0.2, -0.15) is 0 Å². The summed E-state index contributed by atoms with van der Waals surface area (Å²) in [5.41, 5.74) is 2.15. The van der Waals surface area contributed by atoms with Crippen LogP contribution in [0.2, 0.25) is 0 Å². The average molecular weight is 495 g/mol. The van der Waals surface area contributed by atoms with Crippen LogP contribution in [0, 0.1) is 29.2 Å². The number of hydrogen-bond acceptors (Lipinski definition) is 0. The van der Waals surface area contributed by atoms with E-state index in [0.717, 1.165) is 44.9 Å². The van der Waals surface area contributed by atoms with Gasteiger partial charge in [-0.25, -0.2) is 17.6 Å². The van der Waals surface area contributed by atoms with Crippen molar-refractivity contribution in [2.45, 2.75) is 71.1 Å². The first-order valence-electron chi connectivity index (χ1n) is 13.1. The van der Waals surface area contributed by atoms with Gasteiger partial charge in [0, 0.05) is 11.1 Å². The van der Waals surface area contributed by atoms with E-state index in [4.69, 9.17) is 0 Å². The van der Waals surface area contributed by atoms with Crippen LogP contribution in [0.15, 0.2) is 60.7 Å². The minimum Gasteiger partial charge on any atom is -0.203 e. The standard InChI is InChI=1S/C32H34F4/c1-3-5-6-8-25-17-18-26(30(34)29(25)33)23-13-15-24(16-14-23)28-20-19-27(31(35)32(28)36)22-11-9-21(7-4-2)10-12-22/h4,7,13-22H,3,5-6,8-12H2,1-2H3/b7-4+. The molecule has 190 valence electrons. The fourth-order valence-corrected chi connectivity index (χ4v) is 5.40. The second kappa shape index (κ2) is 11.9. The SMILES string of the molecule is C/C=C/C1CCC(c2ccc(-c3ccc(-c4ccc(CCCCC)c(F)c4F)cc3)c(F)c2F)CC1. The van der Waals surface area contributed by atoms with E-state index < -0.39 is 23.3 Å². The van der Waals surface area contributed by atoms with Crippen LogP contribution >= 0.6 is 0 Å². The van der Waals surface area contributed by atoms with E-state index >= 15 is 8.78 Å². The Hall–Kier alpha value is -2.88. The van der Waals surface area contributed by atoms with Crippen LogP contribution in [0.25, 0.3) is 22.3 Å². The van der Waals surface area contributed by atoms with Crippen LogP contribution < -0.4 is 0 Å². The number of halogens is 4.